The highest BCUT2D eigenvalue weighted by atomic mass is 16.5. The molecule has 0 spiro atoms. The molecule has 0 aliphatic carbocycles. The zero-order valence-corrected chi connectivity index (χ0v) is 15.0. The largest absolute Gasteiger partial charge is 0.465 e. The van der Waals surface area contributed by atoms with Crippen LogP contribution in [0.5, 0.6) is 0 Å². The summed E-state index contributed by atoms with van der Waals surface area (Å²) in [4.78, 5) is 35.7. The van der Waals surface area contributed by atoms with Gasteiger partial charge in [-0.2, -0.15) is 0 Å². The summed E-state index contributed by atoms with van der Waals surface area (Å²) in [6, 6.07) is 14.0. The van der Waals surface area contributed by atoms with Gasteiger partial charge in [0, 0.05) is 12.8 Å². The Labute approximate surface area is 152 Å². The van der Waals surface area contributed by atoms with Crippen molar-refractivity contribution in [2.75, 3.05) is 13.7 Å². The first-order chi connectivity index (χ1) is 12.5. The number of rotatable bonds is 8. The van der Waals surface area contributed by atoms with Gasteiger partial charge in [-0.25, -0.2) is 9.59 Å². The summed E-state index contributed by atoms with van der Waals surface area (Å²) in [5.74, 6) is -0.756. The van der Waals surface area contributed by atoms with Gasteiger partial charge in [-0.05, 0) is 42.7 Å². The zero-order chi connectivity index (χ0) is 18.9. The molecule has 5 heteroatoms. The van der Waals surface area contributed by atoms with E-state index in [1.54, 1.807) is 43.3 Å². The van der Waals surface area contributed by atoms with Crippen LogP contribution in [-0.4, -0.2) is 31.4 Å². The molecule has 0 aliphatic rings. The van der Waals surface area contributed by atoms with E-state index in [4.69, 9.17) is 9.47 Å². The fourth-order valence-electron chi connectivity index (χ4n) is 2.59. The normalized spacial score (nSPS) is 10.2. The molecule has 0 atom stereocenters. The summed E-state index contributed by atoms with van der Waals surface area (Å²) in [6.07, 6.45) is 1.11. The van der Waals surface area contributed by atoms with Crippen LogP contribution in [0.15, 0.2) is 48.5 Å². The van der Waals surface area contributed by atoms with Crippen LogP contribution in [-0.2, 0) is 27.1 Å². The average molecular weight is 354 g/mol. The SMILES string of the molecule is CCOC(=O)c1ccc(CCC(=O)Cc2ccccc2C(=O)OC)cc1. The number of aryl methyl sites for hydroxylation is 1. The maximum absolute atomic E-state index is 12.3. The maximum atomic E-state index is 12.3. The van der Waals surface area contributed by atoms with Crippen LogP contribution in [0.2, 0.25) is 0 Å². The van der Waals surface area contributed by atoms with Crippen LogP contribution in [0.4, 0.5) is 0 Å². The monoisotopic (exact) mass is 354 g/mol. The lowest BCUT2D eigenvalue weighted by molar-refractivity contribution is -0.118. The van der Waals surface area contributed by atoms with E-state index in [-0.39, 0.29) is 18.2 Å². The van der Waals surface area contributed by atoms with Crippen molar-refractivity contribution in [3.05, 3.63) is 70.8 Å². The highest BCUT2D eigenvalue weighted by molar-refractivity contribution is 5.93. The topological polar surface area (TPSA) is 69.7 Å². The van der Waals surface area contributed by atoms with E-state index in [0.29, 0.717) is 36.1 Å². The van der Waals surface area contributed by atoms with Crippen LogP contribution in [0.1, 0.15) is 45.2 Å². The van der Waals surface area contributed by atoms with Crippen LogP contribution < -0.4 is 0 Å². The second-order valence-corrected chi connectivity index (χ2v) is 5.78. The van der Waals surface area contributed by atoms with Gasteiger partial charge in [-0.3, -0.25) is 4.79 Å². The van der Waals surface area contributed by atoms with E-state index < -0.39 is 5.97 Å². The first kappa shape index (κ1) is 19.4. The predicted molar refractivity (Wildman–Crippen MR) is 97.2 cm³/mol. The van der Waals surface area contributed by atoms with Crippen LogP contribution in [0, 0.1) is 0 Å². The Bertz CT molecular complexity index is 777. The predicted octanol–water partition coefficient (Wildman–Crippen LogP) is 3.39. The molecule has 26 heavy (non-hydrogen) atoms. The molecule has 0 saturated heterocycles. The molecule has 2 aromatic carbocycles. The van der Waals surface area contributed by atoms with E-state index in [2.05, 4.69) is 0 Å². The Morgan fingerprint density at radius 1 is 0.923 bits per heavy atom. The first-order valence-corrected chi connectivity index (χ1v) is 8.49. The van der Waals surface area contributed by atoms with Crippen LogP contribution in [0.25, 0.3) is 0 Å². The molecule has 0 amide bonds. The number of Topliss-reactive ketones (excluding diaryl/α,β-unsaturated/α-hetero) is 1. The minimum absolute atomic E-state index is 0.0378. The molecular weight excluding hydrogens is 332 g/mol. The molecule has 0 radical (unpaired) electrons. The van der Waals surface area contributed by atoms with Crippen LogP contribution >= 0.6 is 0 Å². The Morgan fingerprint density at radius 3 is 2.27 bits per heavy atom. The molecule has 136 valence electrons. The molecule has 0 saturated carbocycles. The van der Waals surface area contributed by atoms with Crippen molar-refractivity contribution >= 4 is 17.7 Å². The number of methoxy groups -OCH3 is 1. The van der Waals surface area contributed by atoms with E-state index >= 15 is 0 Å². The summed E-state index contributed by atoms with van der Waals surface area (Å²) in [6.45, 7) is 2.10. The molecule has 0 aromatic heterocycles. The molecule has 0 unspecified atom stereocenters. The van der Waals surface area contributed by atoms with Gasteiger partial charge < -0.3 is 9.47 Å². The number of ether oxygens (including phenoxy) is 2. The Balaban J connectivity index is 1.93. The lowest BCUT2D eigenvalue weighted by atomic mass is 9.98. The van der Waals surface area contributed by atoms with Gasteiger partial charge in [0.25, 0.3) is 0 Å². The van der Waals surface area contributed by atoms with E-state index in [9.17, 15) is 14.4 Å². The summed E-state index contributed by atoms with van der Waals surface area (Å²) >= 11 is 0. The Kier molecular flexibility index (Phi) is 7.09. The summed E-state index contributed by atoms with van der Waals surface area (Å²) < 4.78 is 9.69. The van der Waals surface area contributed by atoms with Gasteiger partial charge in [0.2, 0.25) is 0 Å². The lowest BCUT2D eigenvalue weighted by Crippen LogP contribution is -2.10. The first-order valence-electron chi connectivity index (χ1n) is 8.49. The second-order valence-electron chi connectivity index (χ2n) is 5.78. The highest BCUT2D eigenvalue weighted by Gasteiger charge is 2.14. The minimum Gasteiger partial charge on any atom is -0.465 e. The summed E-state index contributed by atoms with van der Waals surface area (Å²) in [5, 5.41) is 0. The van der Waals surface area contributed by atoms with Gasteiger partial charge in [0.05, 0.1) is 24.8 Å². The molecule has 0 heterocycles. The number of hydrogen-bond donors (Lipinski definition) is 0. The lowest BCUT2D eigenvalue weighted by Gasteiger charge is -2.07. The number of benzene rings is 2. The molecule has 5 nitrogen and oxygen atoms in total. The molecule has 0 bridgehead atoms. The van der Waals surface area contributed by atoms with Gasteiger partial charge in [-0.1, -0.05) is 30.3 Å². The molecule has 2 rings (SSSR count). The van der Waals surface area contributed by atoms with Crippen molar-refractivity contribution in [2.24, 2.45) is 0 Å². The Morgan fingerprint density at radius 2 is 1.62 bits per heavy atom. The van der Waals surface area contributed by atoms with Gasteiger partial charge in [-0.15, -0.1) is 0 Å². The molecule has 2 aromatic rings. The minimum atomic E-state index is -0.442. The maximum Gasteiger partial charge on any atom is 0.338 e. The third-order valence-electron chi connectivity index (χ3n) is 3.97. The van der Waals surface area contributed by atoms with Gasteiger partial charge in [0.15, 0.2) is 0 Å². The smallest absolute Gasteiger partial charge is 0.338 e. The second kappa shape index (κ2) is 9.51. The van der Waals surface area contributed by atoms with Crippen LogP contribution in [0.3, 0.4) is 0 Å². The molecule has 0 fully saturated rings. The van der Waals surface area contributed by atoms with Crippen molar-refractivity contribution in [1.82, 2.24) is 0 Å². The molecule has 0 N–H and O–H groups in total. The van der Waals surface area contributed by atoms with Crippen molar-refractivity contribution in [2.45, 2.75) is 26.2 Å². The number of esters is 2. The zero-order valence-electron chi connectivity index (χ0n) is 15.0. The number of carbonyl (C=O) groups is 3. The van der Waals surface area contributed by atoms with Crippen molar-refractivity contribution in [3.63, 3.8) is 0 Å². The van der Waals surface area contributed by atoms with Gasteiger partial charge >= 0.3 is 11.9 Å². The summed E-state index contributed by atoms with van der Waals surface area (Å²) in [5.41, 5.74) is 2.55. The number of carbonyl (C=O) groups excluding carboxylic acids is 3. The van der Waals surface area contributed by atoms with E-state index in [1.165, 1.54) is 7.11 Å². The average Bonchev–Trinajstić information content (AvgIpc) is 2.67. The number of ketones is 1. The highest BCUT2D eigenvalue weighted by Crippen LogP contribution is 2.14. The summed E-state index contributed by atoms with van der Waals surface area (Å²) in [7, 11) is 1.32. The number of hydrogen-bond acceptors (Lipinski definition) is 5. The third-order valence-corrected chi connectivity index (χ3v) is 3.97. The van der Waals surface area contributed by atoms with Crippen molar-refractivity contribution in [1.29, 1.82) is 0 Å². The fourth-order valence-corrected chi connectivity index (χ4v) is 2.59. The standard InChI is InChI=1S/C21H22O5/c1-3-26-20(23)16-11-8-15(9-12-16)10-13-18(22)14-17-6-4-5-7-19(17)21(24)25-2/h4-9,11-12H,3,10,13-14H2,1-2H3. The van der Waals surface area contributed by atoms with E-state index in [0.717, 1.165) is 5.56 Å². The van der Waals surface area contributed by atoms with Crippen molar-refractivity contribution < 1.29 is 23.9 Å². The van der Waals surface area contributed by atoms with E-state index in [1.807, 2.05) is 12.1 Å². The Hall–Kier alpha value is -2.95. The quantitative estimate of drug-likeness (QED) is 0.680. The van der Waals surface area contributed by atoms with Crippen molar-refractivity contribution in [3.8, 4) is 0 Å². The molecule has 0 aliphatic heterocycles. The fraction of sp³-hybridized carbons (Fsp3) is 0.286. The third kappa shape index (κ3) is 5.28. The van der Waals surface area contributed by atoms with Gasteiger partial charge in [0.1, 0.15) is 5.78 Å². The molecular formula is C21H22O5.